The second-order valence-corrected chi connectivity index (χ2v) is 6.38. The maximum absolute atomic E-state index is 12.8. The van der Waals surface area contributed by atoms with Crippen LogP contribution in [0.15, 0.2) is 48.0 Å². The highest BCUT2D eigenvalue weighted by Gasteiger charge is 2.46. The molecule has 1 atom stereocenters. The molecule has 1 amide bonds. The second-order valence-electron chi connectivity index (χ2n) is 6.38. The zero-order chi connectivity index (χ0) is 21.1. The molecule has 2 aromatic rings. The van der Waals surface area contributed by atoms with Crippen LogP contribution in [-0.2, 0) is 9.59 Å². The fraction of sp³-hybridized carbons (Fsp3) is 0.238. The van der Waals surface area contributed by atoms with Crippen molar-refractivity contribution in [1.82, 2.24) is 4.90 Å². The van der Waals surface area contributed by atoms with Crippen LogP contribution < -0.4 is 9.47 Å². The second kappa shape index (κ2) is 8.24. The lowest BCUT2D eigenvalue weighted by molar-refractivity contribution is -0.140. The van der Waals surface area contributed by atoms with E-state index in [0.717, 1.165) is 0 Å². The molecule has 0 bridgehead atoms. The quantitative estimate of drug-likeness (QED) is 0.385. The number of rotatable bonds is 6. The number of ketones is 1. The predicted molar refractivity (Wildman–Crippen MR) is 104 cm³/mol. The molecule has 0 aliphatic carbocycles. The number of phenolic OH excluding ortho intramolecular Hbond substituents is 1. The van der Waals surface area contributed by atoms with E-state index in [2.05, 4.69) is 0 Å². The average molecular weight is 399 g/mol. The first-order valence-electron chi connectivity index (χ1n) is 8.83. The number of amides is 1. The van der Waals surface area contributed by atoms with Gasteiger partial charge in [-0.2, -0.15) is 0 Å². The smallest absolute Gasteiger partial charge is 0.295 e. The van der Waals surface area contributed by atoms with Gasteiger partial charge in [-0.15, -0.1) is 0 Å². The Morgan fingerprint density at radius 1 is 1.10 bits per heavy atom. The third-order valence-electron chi connectivity index (χ3n) is 4.74. The van der Waals surface area contributed by atoms with Crippen molar-refractivity contribution in [3.8, 4) is 17.2 Å². The number of Topliss-reactive ketones (excluding diaryl/α,β-unsaturated/α-hetero) is 1. The van der Waals surface area contributed by atoms with E-state index in [-0.39, 0.29) is 36.0 Å². The van der Waals surface area contributed by atoms with Gasteiger partial charge in [0.2, 0.25) is 0 Å². The van der Waals surface area contributed by atoms with E-state index in [4.69, 9.17) is 9.47 Å². The fourth-order valence-electron chi connectivity index (χ4n) is 3.36. The highest BCUT2D eigenvalue weighted by atomic mass is 16.5. The van der Waals surface area contributed by atoms with E-state index >= 15 is 0 Å². The molecule has 1 saturated heterocycles. The monoisotopic (exact) mass is 399 g/mol. The van der Waals surface area contributed by atoms with Crippen LogP contribution in [0.25, 0.3) is 5.76 Å². The van der Waals surface area contributed by atoms with Crippen LogP contribution in [0.2, 0.25) is 0 Å². The Morgan fingerprint density at radius 2 is 1.86 bits per heavy atom. The lowest BCUT2D eigenvalue weighted by atomic mass is 9.95. The minimum atomic E-state index is -0.956. The summed E-state index contributed by atoms with van der Waals surface area (Å²) < 4.78 is 10.3. The lowest BCUT2D eigenvalue weighted by Gasteiger charge is -2.25. The van der Waals surface area contributed by atoms with Gasteiger partial charge in [-0.25, -0.2) is 0 Å². The Hall–Kier alpha value is -3.52. The maximum atomic E-state index is 12.8. The fourth-order valence-corrected chi connectivity index (χ4v) is 3.36. The Bertz CT molecular complexity index is 983. The number of hydrogen-bond donors (Lipinski definition) is 3. The van der Waals surface area contributed by atoms with Gasteiger partial charge < -0.3 is 29.7 Å². The minimum Gasteiger partial charge on any atom is -0.507 e. The minimum absolute atomic E-state index is 0.104. The molecule has 0 radical (unpaired) electrons. The molecule has 2 aromatic carbocycles. The van der Waals surface area contributed by atoms with Crippen LogP contribution in [0.5, 0.6) is 17.2 Å². The number of aliphatic hydroxyl groups excluding tert-OH is 2. The molecule has 8 heteroatoms. The topological polar surface area (TPSA) is 117 Å². The Kier molecular flexibility index (Phi) is 5.74. The molecule has 0 spiro atoms. The number of ether oxygens (including phenoxy) is 2. The molecule has 1 aliphatic rings. The maximum Gasteiger partial charge on any atom is 0.295 e. The van der Waals surface area contributed by atoms with Crippen LogP contribution in [0.3, 0.4) is 0 Å². The summed E-state index contributed by atoms with van der Waals surface area (Å²) in [5, 5.41) is 30.2. The van der Waals surface area contributed by atoms with Crippen LogP contribution >= 0.6 is 0 Å². The Morgan fingerprint density at radius 3 is 2.52 bits per heavy atom. The van der Waals surface area contributed by atoms with Gasteiger partial charge in [-0.05, 0) is 29.8 Å². The Balaban J connectivity index is 2.21. The van der Waals surface area contributed by atoms with Gasteiger partial charge in [-0.1, -0.05) is 18.2 Å². The van der Waals surface area contributed by atoms with Crippen molar-refractivity contribution < 1.29 is 34.4 Å². The summed E-state index contributed by atoms with van der Waals surface area (Å²) in [6.07, 6.45) is 0. The highest BCUT2D eigenvalue weighted by molar-refractivity contribution is 6.46. The first kappa shape index (κ1) is 20.2. The van der Waals surface area contributed by atoms with E-state index in [1.807, 2.05) is 0 Å². The molecule has 1 aliphatic heterocycles. The normalized spacial score (nSPS) is 18.2. The summed E-state index contributed by atoms with van der Waals surface area (Å²) in [7, 11) is 2.85. The van der Waals surface area contributed by atoms with Gasteiger partial charge in [0.05, 0.1) is 32.4 Å². The first-order chi connectivity index (χ1) is 13.9. The van der Waals surface area contributed by atoms with Crippen molar-refractivity contribution in [3.63, 3.8) is 0 Å². The summed E-state index contributed by atoms with van der Waals surface area (Å²) in [5.41, 5.74) is 0.628. The summed E-state index contributed by atoms with van der Waals surface area (Å²) in [6, 6.07) is 9.89. The number of methoxy groups -OCH3 is 2. The molecule has 1 heterocycles. The summed E-state index contributed by atoms with van der Waals surface area (Å²) in [6.45, 7) is -0.467. The third kappa shape index (κ3) is 3.62. The predicted octanol–water partition coefficient (Wildman–Crippen LogP) is 1.82. The SMILES string of the molecule is COc1cccc(/C(O)=C2\C(=O)C(=O)N(CCO)C2c2ccc(O)c(OC)c2)c1. The van der Waals surface area contributed by atoms with Crippen molar-refractivity contribution in [2.45, 2.75) is 6.04 Å². The van der Waals surface area contributed by atoms with E-state index in [0.29, 0.717) is 16.9 Å². The number of aromatic hydroxyl groups is 1. The Labute approximate surface area is 167 Å². The average Bonchev–Trinajstić information content (AvgIpc) is 2.99. The third-order valence-corrected chi connectivity index (χ3v) is 4.74. The van der Waals surface area contributed by atoms with E-state index < -0.39 is 17.7 Å². The zero-order valence-corrected chi connectivity index (χ0v) is 16.0. The number of carbonyl (C=O) groups excluding carboxylic acids is 2. The van der Waals surface area contributed by atoms with Gasteiger partial charge in [0.15, 0.2) is 11.5 Å². The number of nitrogens with zero attached hydrogens (tertiary/aromatic N) is 1. The highest BCUT2D eigenvalue weighted by Crippen LogP contribution is 2.41. The largest absolute Gasteiger partial charge is 0.507 e. The van der Waals surface area contributed by atoms with Gasteiger partial charge in [0, 0.05) is 12.1 Å². The van der Waals surface area contributed by atoms with Gasteiger partial charge in [-0.3, -0.25) is 9.59 Å². The van der Waals surface area contributed by atoms with Crippen LogP contribution in [0.4, 0.5) is 0 Å². The standard InChI is InChI=1S/C21H21NO7/c1-28-14-5-3-4-13(10-14)19(25)17-18(22(8-9-23)21(27)20(17)26)12-6-7-15(24)16(11-12)29-2/h3-7,10-11,18,23-25H,8-9H2,1-2H3/b19-17+. The van der Waals surface area contributed by atoms with Crippen molar-refractivity contribution in [2.24, 2.45) is 0 Å². The molecular formula is C21H21NO7. The van der Waals surface area contributed by atoms with Crippen LogP contribution in [0.1, 0.15) is 17.2 Å². The zero-order valence-electron chi connectivity index (χ0n) is 16.0. The van der Waals surface area contributed by atoms with Crippen molar-refractivity contribution in [1.29, 1.82) is 0 Å². The summed E-state index contributed by atoms with van der Waals surface area (Å²) >= 11 is 0. The molecule has 0 saturated carbocycles. The molecule has 29 heavy (non-hydrogen) atoms. The molecule has 3 N–H and O–H groups in total. The molecule has 1 unspecified atom stereocenters. The van der Waals surface area contributed by atoms with Gasteiger partial charge in [0.25, 0.3) is 11.7 Å². The van der Waals surface area contributed by atoms with Gasteiger partial charge in [0.1, 0.15) is 11.5 Å². The first-order valence-corrected chi connectivity index (χ1v) is 8.83. The van der Waals surface area contributed by atoms with Crippen molar-refractivity contribution in [3.05, 3.63) is 59.2 Å². The van der Waals surface area contributed by atoms with Crippen molar-refractivity contribution >= 4 is 17.4 Å². The lowest BCUT2D eigenvalue weighted by Crippen LogP contribution is -2.32. The number of hydrogen-bond acceptors (Lipinski definition) is 7. The number of phenols is 1. The molecule has 8 nitrogen and oxygen atoms in total. The molecule has 152 valence electrons. The summed E-state index contributed by atoms with van der Waals surface area (Å²) in [5.74, 6) is -1.54. The number of carbonyl (C=O) groups is 2. The molecule has 0 aromatic heterocycles. The van der Waals surface area contributed by atoms with E-state index in [9.17, 15) is 24.9 Å². The van der Waals surface area contributed by atoms with Crippen molar-refractivity contribution in [2.75, 3.05) is 27.4 Å². The molecular weight excluding hydrogens is 378 g/mol. The number of aliphatic hydroxyl groups is 2. The van der Waals surface area contributed by atoms with E-state index in [1.54, 1.807) is 24.3 Å². The molecule has 1 fully saturated rings. The van der Waals surface area contributed by atoms with E-state index in [1.165, 1.54) is 37.3 Å². The molecule has 3 rings (SSSR count). The number of likely N-dealkylation sites (tertiary alicyclic amines) is 1. The number of β-amino-alcohol motifs (C(OH)–C–C–N with tert-alkyl or cyclic N) is 1. The van der Waals surface area contributed by atoms with Crippen LogP contribution in [0, 0.1) is 0 Å². The van der Waals surface area contributed by atoms with Crippen LogP contribution in [-0.4, -0.2) is 59.3 Å². The summed E-state index contributed by atoms with van der Waals surface area (Å²) in [4.78, 5) is 26.5. The van der Waals surface area contributed by atoms with Gasteiger partial charge >= 0.3 is 0 Å². The number of benzene rings is 2.